The third-order valence-electron chi connectivity index (χ3n) is 4.92. The van der Waals surface area contributed by atoms with Gasteiger partial charge in [0.05, 0.1) is 16.9 Å². The van der Waals surface area contributed by atoms with E-state index in [1.165, 1.54) is 0 Å². The third-order valence-corrected chi connectivity index (χ3v) is 4.92. The summed E-state index contributed by atoms with van der Waals surface area (Å²) >= 11 is 0. The van der Waals surface area contributed by atoms with Crippen LogP contribution in [0.2, 0.25) is 0 Å². The van der Waals surface area contributed by atoms with Crippen LogP contribution in [0.15, 0.2) is 18.2 Å². The molecule has 25 heavy (non-hydrogen) atoms. The number of carbonyl (C=O) groups is 2. The van der Waals surface area contributed by atoms with Crippen molar-refractivity contribution in [2.45, 2.75) is 31.7 Å². The first-order chi connectivity index (χ1) is 10.9. The van der Waals surface area contributed by atoms with E-state index in [1.807, 2.05) is 24.9 Å². The molecule has 3 rings (SSSR count). The van der Waals surface area contributed by atoms with Gasteiger partial charge < -0.3 is 21.3 Å². The molecule has 2 aliphatic rings. The lowest BCUT2D eigenvalue weighted by Gasteiger charge is -2.29. The van der Waals surface area contributed by atoms with E-state index >= 15 is 0 Å². The normalized spacial score (nSPS) is 18.5. The number of halogens is 2. The summed E-state index contributed by atoms with van der Waals surface area (Å²) in [6.45, 7) is 3.09. The molecule has 0 radical (unpaired) electrons. The van der Waals surface area contributed by atoms with E-state index < -0.39 is 0 Å². The molecule has 1 aliphatic carbocycles. The highest BCUT2D eigenvalue weighted by Gasteiger charge is 2.41. The molecule has 0 aromatic heterocycles. The molecule has 0 saturated heterocycles. The van der Waals surface area contributed by atoms with Crippen molar-refractivity contribution in [3.05, 3.63) is 23.8 Å². The van der Waals surface area contributed by atoms with Crippen molar-refractivity contribution < 1.29 is 9.59 Å². The van der Waals surface area contributed by atoms with Gasteiger partial charge in [-0.2, -0.15) is 0 Å². The molecule has 1 aliphatic heterocycles. The van der Waals surface area contributed by atoms with Crippen LogP contribution in [0.25, 0.3) is 0 Å². The van der Waals surface area contributed by atoms with Crippen molar-refractivity contribution in [3.63, 3.8) is 0 Å². The lowest BCUT2D eigenvalue weighted by molar-refractivity contribution is -0.115. The molecule has 2 amide bonds. The summed E-state index contributed by atoms with van der Waals surface area (Å²) in [6.07, 6.45) is 2.66. The van der Waals surface area contributed by atoms with E-state index in [-0.39, 0.29) is 42.2 Å². The van der Waals surface area contributed by atoms with E-state index in [0.717, 1.165) is 18.5 Å². The van der Waals surface area contributed by atoms with Gasteiger partial charge in [0, 0.05) is 32.1 Å². The summed E-state index contributed by atoms with van der Waals surface area (Å²) in [5.41, 5.74) is 7.66. The highest BCUT2D eigenvalue weighted by atomic mass is 35.5. The summed E-state index contributed by atoms with van der Waals surface area (Å²) in [5, 5.41) is 5.95. The molecule has 1 saturated carbocycles. The summed E-state index contributed by atoms with van der Waals surface area (Å²) < 4.78 is 0. The molecule has 0 spiro atoms. The number of amides is 2. The Balaban J connectivity index is 0.00000156. The van der Waals surface area contributed by atoms with Crippen molar-refractivity contribution >= 4 is 48.0 Å². The van der Waals surface area contributed by atoms with Crippen LogP contribution in [0.4, 0.5) is 11.4 Å². The Bertz CT molecular complexity index is 652. The number of nitrogens with two attached hydrogens (primary N) is 1. The lowest BCUT2D eigenvalue weighted by Crippen LogP contribution is -2.53. The zero-order valence-corrected chi connectivity index (χ0v) is 16.1. The van der Waals surface area contributed by atoms with Gasteiger partial charge in [-0.05, 0) is 43.9 Å². The van der Waals surface area contributed by atoms with E-state index in [1.54, 1.807) is 12.1 Å². The monoisotopic (exact) mass is 388 g/mol. The summed E-state index contributed by atoms with van der Waals surface area (Å²) in [4.78, 5) is 26.4. The highest BCUT2D eigenvalue weighted by Crippen LogP contribution is 2.39. The molecule has 1 atom stereocenters. The minimum atomic E-state index is -0.357. The summed E-state index contributed by atoms with van der Waals surface area (Å²) in [5.74, 6) is 0.287. The second kappa shape index (κ2) is 8.25. The fourth-order valence-electron chi connectivity index (χ4n) is 3.08. The first-order valence-electron chi connectivity index (χ1n) is 8.10. The minimum Gasteiger partial charge on any atom is -0.372 e. The van der Waals surface area contributed by atoms with Gasteiger partial charge in [-0.1, -0.05) is 0 Å². The number of hydrogen-bond donors (Lipinski definition) is 3. The fraction of sp³-hybridized carbons (Fsp3) is 0.529. The molecular formula is C17H26Cl2N4O2. The predicted octanol–water partition coefficient (Wildman–Crippen LogP) is 2.17. The predicted molar refractivity (Wildman–Crippen MR) is 105 cm³/mol. The Morgan fingerprint density at radius 2 is 2.08 bits per heavy atom. The average molecular weight is 389 g/mol. The largest absolute Gasteiger partial charge is 0.372 e. The quantitative estimate of drug-likeness (QED) is 0.737. The third kappa shape index (κ3) is 4.57. The lowest BCUT2D eigenvalue weighted by atomic mass is 9.95. The van der Waals surface area contributed by atoms with Crippen LogP contribution in [0.5, 0.6) is 0 Å². The van der Waals surface area contributed by atoms with Gasteiger partial charge in [-0.3, -0.25) is 9.59 Å². The van der Waals surface area contributed by atoms with Crippen LogP contribution in [0.1, 0.15) is 36.5 Å². The molecule has 1 aromatic rings. The first-order valence-corrected chi connectivity index (χ1v) is 8.10. The number of fused-ring (bicyclic) bond motifs is 1. The Kier molecular flexibility index (Phi) is 7.11. The standard InChI is InChI=1S/C17H24N4O2.2ClH/c1-17(10-18,12-4-5-12)20-16(23)11-3-6-14-13(9-11)19-15(22)7-8-21(14)2;;/h3,6,9,12H,4-5,7-8,10,18H2,1-2H3,(H,19,22)(H,20,23);2*1H. The summed E-state index contributed by atoms with van der Waals surface area (Å²) in [7, 11) is 1.94. The Morgan fingerprint density at radius 3 is 2.68 bits per heavy atom. The maximum atomic E-state index is 12.6. The average Bonchev–Trinajstić information content (AvgIpc) is 3.37. The van der Waals surface area contributed by atoms with Crippen molar-refractivity contribution in [2.24, 2.45) is 11.7 Å². The van der Waals surface area contributed by atoms with Crippen LogP contribution in [-0.2, 0) is 4.79 Å². The minimum absolute atomic E-state index is 0. The zero-order valence-electron chi connectivity index (χ0n) is 14.5. The van der Waals surface area contributed by atoms with Crippen LogP contribution >= 0.6 is 24.8 Å². The number of carbonyl (C=O) groups excluding carboxylic acids is 2. The molecular weight excluding hydrogens is 363 g/mol. The van der Waals surface area contributed by atoms with Crippen molar-refractivity contribution in [1.29, 1.82) is 0 Å². The van der Waals surface area contributed by atoms with Gasteiger partial charge >= 0.3 is 0 Å². The van der Waals surface area contributed by atoms with Gasteiger partial charge in [-0.15, -0.1) is 24.8 Å². The number of benzene rings is 1. The maximum Gasteiger partial charge on any atom is 0.251 e. The highest BCUT2D eigenvalue weighted by molar-refractivity contribution is 6.01. The maximum absolute atomic E-state index is 12.6. The summed E-state index contributed by atoms with van der Waals surface area (Å²) in [6, 6.07) is 5.42. The second-order valence-corrected chi connectivity index (χ2v) is 6.80. The first kappa shape index (κ1) is 21.5. The molecule has 1 fully saturated rings. The molecule has 6 nitrogen and oxygen atoms in total. The smallest absolute Gasteiger partial charge is 0.251 e. The van der Waals surface area contributed by atoms with Crippen LogP contribution in [0.3, 0.4) is 0 Å². The Hall–Kier alpha value is -1.50. The Labute approximate surface area is 160 Å². The van der Waals surface area contributed by atoms with E-state index in [9.17, 15) is 9.59 Å². The van der Waals surface area contributed by atoms with Crippen LogP contribution in [-0.4, -0.2) is 37.5 Å². The van der Waals surface area contributed by atoms with Gasteiger partial charge in [0.2, 0.25) is 5.91 Å². The van der Waals surface area contributed by atoms with Gasteiger partial charge in [0.15, 0.2) is 0 Å². The van der Waals surface area contributed by atoms with Crippen LogP contribution in [0, 0.1) is 5.92 Å². The molecule has 1 unspecified atom stereocenters. The number of rotatable bonds is 4. The zero-order chi connectivity index (χ0) is 16.6. The van der Waals surface area contributed by atoms with Crippen molar-refractivity contribution in [1.82, 2.24) is 5.32 Å². The van der Waals surface area contributed by atoms with Crippen molar-refractivity contribution in [3.8, 4) is 0 Å². The van der Waals surface area contributed by atoms with E-state index in [0.29, 0.717) is 36.7 Å². The fourth-order valence-corrected chi connectivity index (χ4v) is 3.08. The van der Waals surface area contributed by atoms with Gasteiger partial charge in [-0.25, -0.2) is 0 Å². The number of nitrogens with zero attached hydrogens (tertiary/aromatic N) is 1. The van der Waals surface area contributed by atoms with E-state index in [4.69, 9.17) is 5.73 Å². The van der Waals surface area contributed by atoms with E-state index in [2.05, 4.69) is 10.6 Å². The second-order valence-electron chi connectivity index (χ2n) is 6.80. The van der Waals surface area contributed by atoms with Crippen LogP contribution < -0.4 is 21.3 Å². The molecule has 140 valence electrons. The topological polar surface area (TPSA) is 87.5 Å². The molecule has 4 N–H and O–H groups in total. The number of nitrogens with one attached hydrogen (secondary N) is 2. The SMILES string of the molecule is CN1CCC(=O)Nc2cc(C(=O)NC(C)(CN)C3CC3)ccc21.Cl.Cl. The number of anilines is 2. The van der Waals surface area contributed by atoms with Gasteiger partial charge in [0.1, 0.15) is 0 Å². The number of hydrogen-bond acceptors (Lipinski definition) is 4. The molecule has 0 bridgehead atoms. The Morgan fingerprint density at radius 1 is 1.40 bits per heavy atom. The van der Waals surface area contributed by atoms with Crippen molar-refractivity contribution in [2.75, 3.05) is 30.4 Å². The molecule has 1 heterocycles. The van der Waals surface area contributed by atoms with Gasteiger partial charge in [0.25, 0.3) is 5.91 Å². The molecule has 8 heteroatoms. The molecule has 1 aromatic carbocycles.